The van der Waals surface area contributed by atoms with Crippen molar-refractivity contribution in [2.75, 3.05) is 0 Å². The summed E-state index contributed by atoms with van der Waals surface area (Å²) >= 11 is 1.27. The van der Waals surface area contributed by atoms with Crippen LogP contribution in [0.3, 0.4) is 0 Å². The van der Waals surface area contributed by atoms with Crippen molar-refractivity contribution in [1.82, 2.24) is 15.4 Å². The van der Waals surface area contributed by atoms with Gasteiger partial charge in [-0.25, -0.2) is 4.39 Å². The Morgan fingerprint density at radius 1 is 1.14 bits per heavy atom. The highest BCUT2D eigenvalue weighted by atomic mass is 32.2. The molecular weight excluding hydrogens is 399 g/mol. The Morgan fingerprint density at radius 3 is 2.69 bits per heavy atom. The van der Waals surface area contributed by atoms with Crippen LogP contribution in [0.1, 0.15) is 11.3 Å². The Hall–Kier alpha value is -3.53. The van der Waals surface area contributed by atoms with Crippen molar-refractivity contribution >= 4 is 17.4 Å². The van der Waals surface area contributed by atoms with Gasteiger partial charge in [0, 0.05) is 34.6 Å². The van der Waals surface area contributed by atoms with Gasteiger partial charge in [-0.3, -0.25) is 10.1 Å². The zero-order valence-electron chi connectivity index (χ0n) is 15.0. The molecule has 0 aliphatic heterocycles. The lowest BCUT2D eigenvalue weighted by Crippen LogP contribution is -1.88. The van der Waals surface area contributed by atoms with Gasteiger partial charge in [0.05, 0.1) is 10.6 Å². The minimum absolute atomic E-state index is 0.0542. The van der Waals surface area contributed by atoms with E-state index in [0.29, 0.717) is 28.0 Å². The predicted octanol–water partition coefficient (Wildman–Crippen LogP) is 5.04. The van der Waals surface area contributed by atoms with Crippen molar-refractivity contribution in [2.45, 2.75) is 17.9 Å². The van der Waals surface area contributed by atoms with Crippen molar-refractivity contribution in [2.24, 2.45) is 0 Å². The number of benzene rings is 2. The molecule has 0 aliphatic rings. The highest BCUT2D eigenvalue weighted by molar-refractivity contribution is 7.98. The molecule has 0 saturated carbocycles. The number of hydrogen-bond acceptors (Lipinski definition) is 8. The van der Waals surface area contributed by atoms with Gasteiger partial charge in [0.1, 0.15) is 5.82 Å². The van der Waals surface area contributed by atoms with E-state index in [1.54, 1.807) is 24.3 Å². The third-order valence-corrected chi connectivity index (χ3v) is 5.00. The third-order valence-electron chi connectivity index (χ3n) is 4.17. The number of hydrogen-bond donors (Lipinski definition) is 0. The summed E-state index contributed by atoms with van der Waals surface area (Å²) in [7, 11) is 0. The van der Waals surface area contributed by atoms with Crippen LogP contribution in [-0.2, 0) is 5.75 Å². The molecule has 4 rings (SSSR count). The van der Waals surface area contributed by atoms with Gasteiger partial charge in [0.2, 0.25) is 5.89 Å². The Kier molecular flexibility index (Phi) is 5.09. The van der Waals surface area contributed by atoms with Crippen LogP contribution in [0.4, 0.5) is 10.1 Å². The van der Waals surface area contributed by atoms with E-state index < -0.39 is 4.92 Å². The van der Waals surface area contributed by atoms with E-state index in [1.165, 1.54) is 36.0 Å². The molecule has 0 atom stereocenters. The van der Waals surface area contributed by atoms with Crippen LogP contribution in [0.2, 0.25) is 0 Å². The lowest BCUT2D eigenvalue weighted by Gasteiger charge is -1.98. The molecule has 0 bridgehead atoms. The average Bonchev–Trinajstić information content (AvgIpc) is 3.34. The van der Waals surface area contributed by atoms with Crippen molar-refractivity contribution in [3.8, 4) is 22.8 Å². The highest BCUT2D eigenvalue weighted by Crippen LogP contribution is 2.31. The van der Waals surface area contributed by atoms with Gasteiger partial charge in [0.25, 0.3) is 10.9 Å². The molecule has 0 radical (unpaired) electrons. The monoisotopic (exact) mass is 412 g/mol. The number of halogens is 1. The zero-order chi connectivity index (χ0) is 20.4. The molecule has 0 fully saturated rings. The Morgan fingerprint density at radius 2 is 1.93 bits per heavy atom. The molecule has 29 heavy (non-hydrogen) atoms. The molecule has 2 aromatic heterocycles. The zero-order valence-corrected chi connectivity index (χ0v) is 15.9. The number of nitrogens with zero attached hydrogens (tertiary/aromatic N) is 4. The summed E-state index contributed by atoms with van der Waals surface area (Å²) in [5.74, 6) is 0.869. The van der Waals surface area contributed by atoms with Gasteiger partial charge in [-0.05, 0) is 37.3 Å². The fraction of sp³-hybridized carbons (Fsp3) is 0.105. The van der Waals surface area contributed by atoms with Crippen LogP contribution in [-0.4, -0.2) is 20.3 Å². The first-order chi connectivity index (χ1) is 14.0. The first-order valence-electron chi connectivity index (χ1n) is 8.43. The smallest absolute Gasteiger partial charge is 0.277 e. The number of rotatable bonds is 6. The normalized spacial score (nSPS) is 11.0. The topological polar surface area (TPSA) is 108 Å². The number of aromatic nitrogens is 3. The van der Waals surface area contributed by atoms with Crippen LogP contribution in [0, 0.1) is 22.9 Å². The second-order valence-electron chi connectivity index (χ2n) is 6.06. The largest absolute Gasteiger partial charge is 0.411 e. The lowest BCUT2D eigenvalue weighted by molar-refractivity contribution is -0.384. The molecule has 2 heterocycles. The molecule has 4 aromatic rings. The molecule has 0 amide bonds. The maximum absolute atomic E-state index is 13.1. The maximum atomic E-state index is 13.1. The molecular formula is C19H13FN4O4S. The molecule has 10 heteroatoms. The van der Waals surface area contributed by atoms with Crippen LogP contribution in [0.15, 0.2) is 62.7 Å². The molecule has 0 unspecified atom stereocenters. The molecule has 0 spiro atoms. The Bertz CT molecular complexity index is 1170. The first-order valence-corrected chi connectivity index (χ1v) is 9.42. The first kappa shape index (κ1) is 18.8. The summed E-state index contributed by atoms with van der Waals surface area (Å²) in [5, 5.41) is 23.2. The van der Waals surface area contributed by atoms with Crippen molar-refractivity contribution < 1.29 is 18.3 Å². The van der Waals surface area contributed by atoms with E-state index in [1.807, 2.05) is 6.92 Å². The van der Waals surface area contributed by atoms with Gasteiger partial charge in [0.15, 0.2) is 5.76 Å². The molecule has 0 aliphatic carbocycles. The minimum Gasteiger partial charge on any atom is -0.411 e. The van der Waals surface area contributed by atoms with Crippen molar-refractivity contribution in [1.29, 1.82) is 0 Å². The number of thioether (sulfide) groups is 1. The highest BCUT2D eigenvalue weighted by Gasteiger charge is 2.17. The fourth-order valence-corrected chi connectivity index (χ4v) is 3.41. The number of nitro groups is 1. The number of nitro benzene ring substituents is 1. The van der Waals surface area contributed by atoms with Crippen molar-refractivity contribution in [3.05, 3.63) is 75.7 Å². The second-order valence-corrected chi connectivity index (χ2v) is 6.99. The predicted molar refractivity (Wildman–Crippen MR) is 103 cm³/mol. The SMILES string of the molecule is Cc1c(CSc2nnc(-c3cccc([N+](=O)[O-])c3)o2)noc1-c1ccc(F)cc1. The lowest BCUT2D eigenvalue weighted by atomic mass is 10.1. The average molecular weight is 412 g/mol. The van der Waals surface area contributed by atoms with E-state index >= 15 is 0 Å². The Balaban J connectivity index is 1.47. The van der Waals surface area contributed by atoms with E-state index in [2.05, 4.69) is 15.4 Å². The summed E-state index contributed by atoms with van der Waals surface area (Å²) < 4.78 is 24.1. The van der Waals surface area contributed by atoms with Gasteiger partial charge < -0.3 is 8.94 Å². The standard InChI is InChI=1S/C19H13FN4O4S/c1-11-16(23-28-17(11)12-5-7-14(20)8-6-12)10-29-19-22-21-18(27-19)13-3-2-4-15(9-13)24(25)26/h2-9H,10H2,1H3. The van der Waals surface area contributed by atoms with Crippen LogP contribution in [0.25, 0.3) is 22.8 Å². The van der Waals surface area contributed by atoms with Crippen molar-refractivity contribution in [3.63, 3.8) is 0 Å². The summed E-state index contributed by atoms with van der Waals surface area (Å²) in [6, 6.07) is 12.0. The van der Waals surface area contributed by atoms with Crippen LogP contribution in [0.5, 0.6) is 0 Å². The summed E-state index contributed by atoms with van der Waals surface area (Å²) in [6.07, 6.45) is 0. The molecule has 0 saturated heterocycles. The van der Waals surface area contributed by atoms with Crippen LogP contribution >= 0.6 is 11.8 Å². The summed E-state index contributed by atoms with van der Waals surface area (Å²) in [4.78, 5) is 10.4. The van der Waals surface area contributed by atoms with E-state index in [4.69, 9.17) is 8.94 Å². The van der Waals surface area contributed by atoms with Gasteiger partial charge in [-0.2, -0.15) is 0 Å². The molecule has 2 aromatic carbocycles. The van der Waals surface area contributed by atoms with Gasteiger partial charge >= 0.3 is 0 Å². The second kappa shape index (κ2) is 7.84. The van der Waals surface area contributed by atoms with E-state index in [-0.39, 0.29) is 17.4 Å². The number of non-ortho nitro benzene ring substituents is 1. The van der Waals surface area contributed by atoms with Crippen LogP contribution < -0.4 is 0 Å². The molecule has 8 nitrogen and oxygen atoms in total. The van der Waals surface area contributed by atoms with E-state index in [0.717, 1.165) is 11.1 Å². The maximum Gasteiger partial charge on any atom is 0.277 e. The summed E-state index contributed by atoms with van der Waals surface area (Å²) in [6.45, 7) is 1.87. The molecule has 0 N–H and O–H groups in total. The third kappa shape index (κ3) is 4.02. The molecule has 146 valence electrons. The minimum atomic E-state index is -0.485. The quantitative estimate of drug-likeness (QED) is 0.246. The van der Waals surface area contributed by atoms with Gasteiger partial charge in [-0.15, -0.1) is 10.2 Å². The fourth-order valence-electron chi connectivity index (χ4n) is 2.64. The summed E-state index contributed by atoms with van der Waals surface area (Å²) in [5.41, 5.74) is 2.68. The Labute approximate surface area is 167 Å². The van der Waals surface area contributed by atoms with E-state index in [9.17, 15) is 14.5 Å². The van der Waals surface area contributed by atoms with Gasteiger partial charge in [-0.1, -0.05) is 23.0 Å².